The van der Waals surface area contributed by atoms with Crippen LogP contribution in [0.25, 0.3) is 0 Å². The minimum atomic E-state index is -0.233. The third-order valence-electron chi connectivity index (χ3n) is 8.10. The number of carbonyl (C=O) groups is 2. The Morgan fingerprint density at radius 1 is 1.06 bits per heavy atom. The van der Waals surface area contributed by atoms with E-state index in [1.807, 2.05) is 20.0 Å². The zero-order chi connectivity index (χ0) is 24.0. The topological polar surface area (TPSA) is 100 Å². The summed E-state index contributed by atoms with van der Waals surface area (Å²) in [6, 6.07) is 3.68. The number of carbonyl (C=O) groups excluding carboxylic acids is 2. The number of pyridine rings is 1. The molecule has 2 saturated carbocycles. The number of nitrogens with two attached hydrogens (primary N) is 1. The third-order valence-corrected chi connectivity index (χ3v) is 8.10. The number of amides is 2. The monoisotopic (exact) mass is 457 g/mol. The Morgan fingerprint density at radius 3 is 2.48 bits per heavy atom. The van der Waals surface area contributed by atoms with Crippen LogP contribution in [0, 0.1) is 23.7 Å². The molecule has 7 heteroatoms. The highest BCUT2D eigenvalue weighted by molar-refractivity contribution is 5.83. The van der Waals surface area contributed by atoms with Crippen molar-refractivity contribution < 1.29 is 9.59 Å². The summed E-state index contributed by atoms with van der Waals surface area (Å²) in [7, 11) is 1.97. The summed E-state index contributed by atoms with van der Waals surface area (Å²) < 4.78 is 0. The van der Waals surface area contributed by atoms with Gasteiger partial charge in [-0.2, -0.15) is 0 Å². The van der Waals surface area contributed by atoms with Gasteiger partial charge >= 0.3 is 0 Å². The van der Waals surface area contributed by atoms with Gasteiger partial charge in [-0.1, -0.05) is 38.2 Å². The minimum absolute atomic E-state index is 0.0114. The first kappa shape index (κ1) is 25.5. The standard InChI is InChI=1S/C26H43N5O2/c1-17(2)31(4)18(3)25(32)30-16-23(22-11-7-9-20-8-5-6-10-21(20)22)26(33)29-15-19-12-13-24(27)28-14-19/h12-14,17-18,20-23H,5-11,15-16H2,1-4H3,(H2,27,28)(H,29,33)(H,30,32)/t18-,20?,21?,22?,23-/m0/s1. The maximum absolute atomic E-state index is 13.5. The number of hydrogen-bond donors (Lipinski definition) is 3. The summed E-state index contributed by atoms with van der Waals surface area (Å²) >= 11 is 0. The van der Waals surface area contributed by atoms with Crippen molar-refractivity contribution in [2.45, 2.75) is 84.3 Å². The predicted octanol–water partition coefficient (Wildman–Crippen LogP) is 3.35. The van der Waals surface area contributed by atoms with Crippen LogP contribution in [0.2, 0.25) is 0 Å². The van der Waals surface area contributed by atoms with E-state index in [-0.39, 0.29) is 29.8 Å². The van der Waals surface area contributed by atoms with Crippen LogP contribution in [0.3, 0.4) is 0 Å². The molecule has 0 aromatic carbocycles. The fourth-order valence-electron chi connectivity index (χ4n) is 5.78. The van der Waals surface area contributed by atoms with Crippen molar-refractivity contribution in [2.75, 3.05) is 19.3 Å². The number of fused-ring (bicyclic) bond motifs is 1. The first-order valence-electron chi connectivity index (χ1n) is 12.8. The second-order valence-electron chi connectivity index (χ2n) is 10.4. The number of likely N-dealkylation sites (N-methyl/N-ethyl adjacent to an activating group) is 1. The molecule has 3 unspecified atom stereocenters. The van der Waals surface area contributed by atoms with E-state index in [2.05, 4.69) is 34.4 Å². The lowest BCUT2D eigenvalue weighted by atomic mass is 9.62. The Labute approximate surface area is 199 Å². The van der Waals surface area contributed by atoms with Crippen LogP contribution < -0.4 is 16.4 Å². The van der Waals surface area contributed by atoms with Gasteiger partial charge in [0.2, 0.25) is 11.8 Å². The highest BCUT2D eigenvalue weighted by atomic mass is 16.2. The number of hydrogen-bond acceptors (Lipinski definition) is 5. The smallest absolute Gasteiger partial charge is 0.237 e. The lowest BCUT2D eigenvalue weighted by Crippen LogP contribution is -2.51. The van der Waals surface area contributed by atoms with Gasteiger partial charge in [-0.05, 0) is 70.0 Å². The Kier molecular flexibility index (Phi) is 9.12. The van der Waals surface area contributed by atoms with E-state index in [1.165, 1.54) is 38.5 Å². The van der Waals surface area contributed by atoms with Crippen molar-refractivity contribution >= 4 is 17.6 Å². The highest BCUT2D eigenvalue weighted by Crippen LogP contribution is 2.46. The molecule has 2 amide bonds. The predicted molar refractivity (Wildman–Crippen MR) is 132 cm³/mol. The van der Waals surface area contributed by atoms with Gasteiger partial charge in [-0.3, -0.25) is 14.5 Å². The number of nitrogens with zero attached hydrogens (tertiary/aromatic N) is 2. The lowest BCUT2D eigenvalue weighted by Gasteiger charge is -2.44. The average molecular weight is 458 g/mol. The van der Waals surface area contributed by atoms with Gasteiger partial charge < -0.3 is 16.4 Å². The van der Waals surface area contributed by atoms with E-state index in [1.54, 1.807) is 12.3 Å². The second kappa shape index (κ2) is 11.8. The SMILES string of the molecule is CC(C)N(C)[C@@H](C)C(=O)NC[C@H](C(=O)NCc1ccc(N)nc1)C1CCCC2CCCCC21. The zero-order valence-electron chi connectivity index (χ0n) is 20.8. The number of nitrogens with one attached hydrogen (secondary N) is 2. The lowest BCUT2D eigenvalue weighted by molar-refractivity contribution is -0.130. The van der Waals surface area contributed by atoms with E-state index >= 15 is 0 Å². The van der Waals surface area contributed by atoms with E-state index in [9.17, 15) is 9.59 Å². The molecule has 184 valence electrons. The van der Waals surface area contributed by atoms with Crippen molar-refractivity contribution in [1.82, 2.24) is 20.5 Å². The quantitative estimate of drug-likeness (QED) is 0.528. The van der Waals surface area contributed by atoms with E-state index in [0.29, 0.717) is 30.7 Å². The minimum Gasteiger partial charge on any atom is -0.384 e. The molecule has 2 fully saturated rings. The van der Waals surface area contributed by atoms with Crippen molar-refractivity contribution in [2.24, 2.45) is 23.7 Å². The van der Waals surface area contributed by atoms with Gasteiger partial charge in [0, 0.05) is 25.3 Å². The summed E-state index contributed by atoms with van der Waals surface area (Å²) in [5.74, 6) is 1.93. The maximum atomic E-state index is 13.5. The fourth-order valence-corrected chi connectivity index (χ4v) is 5.78. The molecule has 0 spiro atoms. The summed E-state index contributed by atoms with van der Waals surface area (Å²) in [5.41, 5.74) is 6.60. The van der Waals surface area contributed by atoms with Crippen LogP contribution in [0.1, 0.15) is 71.3 Å². The van der Waals surface area contributed by atoms with Gasteiger partial charge in [0.25, 0.3) is 0 Å². The van der Waals surface area contributed by atoms with E-state index < -0.39 is 0 Å². The van der Waals surface area contributed by atoms with Crippen LogP contribution >= 0.6 is 0 Å². The molecule has 1 heterocycles. The number of anilines is 1. The van der Waals surface area contributed by atoms with Crippen LogP contribution in [0.15, 0.2) is 18.3 Å². The normalized spacial score (nSPS) is 24.7. The molecule has 5 atom stereocenters. The Hall–Kier alpha value is -2.15. The molecule has 0 saturated heterocycles. The summed E-state index contributed by atoms with van der Waals surface area (Å²) in [6.45, 7) is 6.91. The Morgan fingerprint density at radius 2 is 1.79 bits per heavy atom. The fraction of sp³-hybridized carbons (Fsp3) is 0.731. The van der Waals surface area contributed by atoms with Crippen LogP contribution in [0.5, 0.6) is 0 Å². The van der Waals surface area contributed by atoms with Gasteiger partial charge in [-0.25, -0.2) is 4.98 Å². The van der Waals surface area contributed by atoms with E-state index in [0.717, 1.165) is 17.9 Å². The molecule has 7 nitrogen and oxygen atoms in total. The number of rotatable bonds is 9. The Balaban J connectivity index is 1.70. The molecule has 2 aliphatic carbocycles. The van der Waals surface area contributed by atoms with Gasteiger partial charge in [0.05, 0.1) is 12.0 Å². The molecule has 2 aliphatic rings. The van der Waals surface area contributed by atoms with Crippen molar-refractivity contribution in [3.05, 3.63) is 23.9 Å². The first-order chi connectivity index (χ1) is 15.8. The van der Waals surface area contributed by atoms with Crippen molar-refractivity contribution in [3.63, 3.8) is 0 Å². The highest BCUT2D eigenvalue weighted by Gasteiger charge is 2.41. The molecule has 0 bridgehead atoms. The molecule has 0 aliphatic heterocycles. The summed E-state index contributed by atoms with van der Waals surface area (Å²) in [5, 5.41) is 6.25. The summed E-state index contributed by atoms with van der Waals surface area (Å²) in [6.07, 6.45) is 10.3. The van der Waals surface area contributed by atoms with Crippen LogP contribution in [-0.2, 0) is 16.1 Å². The van der Waals surface area contributed by atoms with Crippen LogP contribution in [0.4, 0.5) is 5.82 Å². The number of aromatic nitrogens is 1. The molecular formula is C26H43N5O2. The first-order valence-corrected chi connectivity index (χ1v) is 12.8. The molecule has 1 aromatic rings. The molecule has 0 radical (unpaired) electrons. The zero-order valence-corrected chi connectivity index (χ0v) is 20.8. The third kappa shape index (κ3) is 6.69. The van der Waals surface area contributed by atoms with Crippen molar-refractivity contribution in [3.8, 4) is 0 Å². The molecular weight excluding hydrogens is 414 g/mol. The van der Waals surface area contributed by atoms with E-state index in [4.69, 9.17) is 5.73 Å². The molecule has 4 N–H and O–H groups in total. The van der Waals surface area contributed by atoms with Crippen LogP contribution in [-0.4, -0.2) is 47.4 Å². The largest absolute Gasteiger partial charge is 0.384 e. The van der Waals surface area contributed by atoms with Gasteiger partial charge in [-0.15, -0.1) is 0 Å². The van der Waals surface area contributed by atoms with Gasteiger partial charge in [0.1, 0.15) is 5.82 Å². The van der Waals surface area contributed by atoms with Gasteiger partial charge in [0.15, 0.2) is 0 Å². The molecule has 1 aromatic heterocycles. The second-order valence-corrected chi connectivity index (χ2v) is 10.4. The molecule has 3 rings (SSSR count). The number of nitrogen functional groups attached to an aromatic ring is 1. The Bertz CT molecular complexity index is 779. The average Bonchev–Trinajstić information content (AvgIpc) is 2.82. The van der Waals surface area contributed by atoms with Crippen molar-refractivity contribution in [1.29, 1.82) is 0 Å². The summed E-state index contributed by atoms with van der Waals surface area (Å²) in [4.78, 5) is 32.5. The maximum Gasteiger partial charge on any atom is 0.237 e. The molecule has 33 heavy (non-hydrogen) atoms.